The molecule has 0 radical (unpaired) electrons. The topological polar surface area (TPSA) is 48.1 Å². The molecule has 0 aliphatic heterocycles. The van der Waals surface area contributed by atoms with Crippen molar-refractivity contribution in [2.75, 3.05) is 13.7 Å². The van der Waals surface area contributed by atoms with Crippen LogP contribution in [0.1, 0.15) is 12.5 Å². The van der Waals surface area contributed by atoms with Gasteiger partial charge in [-0.25, -0.2) is 0 Å². The molecule has 16 heavy (non-hydrogen) atoms. The van der Waals surface area contributed by atoms with Gasteiger partial charge in [0.25, 0.3) is 0 Å². The molecule has 0 bridgehead atoms. The number of hydrogen-bond acceptors (Lipinski definition) is 3. The maximum absolute atomic E-state index is 5.75. The number of pyridine rings is 1. The van der Waals surface area contributed by atoms with Gasteiger partial charge in [-0.05, 0) is 30.7 Å². The van der Waals surface area contributed by atoms with Crippen molar-refractivity contribution in [3.05, 3.63) is 42.1 Å². The van der Waals surface area contributed by atoms with Crippen LogP contribution in [-0.2, 0) is 10.3 Å². The minimum atomic E-state index is -0.427. The highest BCUT2D eigenvalue weighted by molar-refractivity contribution is 5.79. The lowest BCUT2D eigenvalue weighted by Gasteiger charge is -2.27. The SMILES string of the molecule is COC(C)(CN)c1ccc2ncccc2c1. The fourth-order valence-electron chi connectivity index (χ4n) is 1.72. The zero-order valence-electron chi connectivity index (χ0n) is 9.60. The Morgan fingerprint density at radius 2 is 2.19 bits per heavy atom. The molecule has 1 aromatic carbocycles. The molecule has 0 amide bonds. The highest BCUT2D eigenvalue weighted by Crippen LogP contribution is 2.26. The molecule has 0 aliphatic rings. The van der Waals surface area contributed by atoms with Crippen molar-refractivity contribution >= 4 is 10.9 Å². The van der Waals surface area contributed by atoms with Crippen LogP contribution >= 0.6 is 0 Å². The van der Waals surface area contributed by atoms with Crippen molar-refractivity contribution < 1.29 is 4.74 Å². The average Bonchev–Trinajstić information content (AvgIpc) is 2.37. The van der Waals surface area contributed by atoms with E-state index in [0.717, 1.165) is 16.5 Å². The number of rotatable bonds is 3. The third-order valence-corrected chi connectivity index (χ3v) is 3.05. The Morgan fingerprint density at radius 3 is 2.88 bits per heavy atom. The second-order valence-corrected chi connectivity index (χ2v) is 4.05. The molecule has 1 atom stereocenters. The third-order valence-electron chi connectivity index (χ3n) is 3.05. The van der Waals surface area contributed by atoms with Crippen molar-refractivity contribution in [2.24, 2.45) is 5.73 Å². The van der Waals surface area contributed by atoms with E-state index in [-0.39, 0.29) is 0 Å². The summed E-state index contributed by atoms with van der Waals surface area (Å²) in [4.78, 5) is 4.28. The first-order valence-electron chi connectivity index (χ1n) is 5.30. The van der Waals surface area contributed by atoms with Crippen LogP contribution in [0.15, 0.2) is 36.5 Å². The first-order chi connectivity index (χ1) is 7.69. The van der Waals surface area contributed by atoms with Crippen LogP contribution in [-0.4, -0.2) is 18.6 Å². The predicted octanol–water partition coefficient (Wildman–Crippen LogP) is 2.06. The molecule has 1 aromatic heterocycles. The highest BCUT2D eigenvalue weighted by Gasteiger charge is 2.24. The normalized spacial score (nSPS) is 14.9. The molecule has 0 spiro atoms. The molecule has 3 nitrogen and oxygen atoms in total. The van der Waals surface area contributed by atoms with Gasteiger partial charge < -0.3 is 10.5 Å². The van der Waals surface area contributed by atoms with Gasteiger partial charge in [0, 0.05) is 25.2 Å². The molecule has 0 saturated carbocycles. The molecule has 0 aliphatic carbocycles. The van der Waals surface area contributed by atoms with Gasteiger partial charge in [0.2, 0.25) is 0 Å². The van der Waals surface area contributed by atoms with Gasteiger partial charge in [-0.3, -0.25) is 4.98 Å². The number of benzene rings is 1. The summed E-state index contributed by atoms with van der Waals surface area (Å²) in [6, 6.07) is 10.1. The van der Waals surface area contributed by atoms with Crippen LogP contribution in [0.2, 0.25) is 0 Å². The smallest absolute Gasteiger partial charge is 0.102 e. The minimum Gasteiger partial charge on any atom is -0.372 e. The monoisotopic (exact) mass is 216 g/mol. The van der Waals surface area contributed by atoms with E-state index in [9.17, 15) is 0 Å². The lowest BCUT2D eigenvalue weighted by Crippen LogP contribution is -2.33. The van der Waals surface area contributed by atoms with Gasteiger partial charge in [0.05, 0.1) is 5.52 Å². The molecule has 1 heterocycles. The van der Waals surface area contributed by atoms with Crippen LogP contribution in [0.25, 0.3) is 10.9 Å². The molecular weight excluding hydrogens is 200 g/mol. The van der Waals surface area contributed by atoms with Crippen LogP contribution in [0.4, 0.5) is 0 Å². The van der Waals surface area contributed by atoms with Gasteiger partial charge in [0.1, 0.15) is 5.60 Å². The number of nitrogens with two attached hydrogens (primary N) is 1. The fraction of sp³-hybridized carbons (Fsp3) is 0.308. The number of aromatic nitrogens is 1. The number of ether oxygens (including phenoxy) is 1. The third kappa shape index (κ3) is 1.79. The molecule has 84 valence electrons. The second-order valence-electron chi connectivity index (χ2n) is 4.05. The number of hydrogen-bond donors (Lipinski definition) is 1. The molecular formula is C13H16N2O. The van der Waals surface area contributed by atoms with Gasteiger partial charge in [-0.2, -0.15) is 0 Å². The summed E-state index contributed by atoms with van der Waals surface area (Å²) in [5, 5.41) is 1.11. The maximum atomic E-state index is 5.75. The zero-order valence-corrected chi connectivity index (χ0v) is 9.60. The van der Waals surface area contributed by atoms with Gasteiger partial charge in [-0.1, -0.05) is 12.1 Å². The zero-order chi connectivity index (χ0) is 11.6. The van der Waals surface area contributed by atoms with E-state index in [0.29, 0.717) is 6.54 Å². The lowest BCUT2D eigenvalue weighted by atomic mass is 9.94. The van der Waals surface area contributed by atoms with E-state index in [1.54, 1.807) is 13.3 Å². The summed E-state index contributed by atoms with van der Waals surface area (Å²) in [6.07, 6.45) is 1.79. The molecule has 2 N–H and O–H groups in total. The lowest BCUT2D eigenvalue weighted by molar-refractivity contribution is 0.0102. The van der Waals surface area contributed by atoms with Crippen LogP contribution < -0.4 is 5.73 Å². The van der Waals surface area contributed by atoms with E-state index >= 15 is 0 Å². The van der Waals surface area contributed by atoms with Gasteiger partial charge in [0.15, 0.2) is 0 Å². The van der Waals surface area contributed by atoms with Crippen LogP contribution in [0, 0.1) is 0 Å². The Kier molecular flexibility index (Phi) is 2.90. The minimum absolute atomic E-state index is 0.427. The summed E-state index contributed by atoms with van der Waals surface area (Å²) >= 11 is 0. The quantitative estimate of drug-likeness (QED) is 0.854. The van der Waals surface area contributed by atoms with Crippen molar-refractivity contribution in [3.63, 3.8) is 0 Å². The molecule has 3 heteroatoms. The number of nitrogens with zero attached hydrogens (tertiary/aromatic N) is 1. The Morgan fingerprint density at radius 1 is 1.38 bits per heavy atom. The molecule has 0 fully saturated rings. The van der Waals surface area contributed by atoms with E-state index in [1.165, 1.54) is 0 Å². The van der Waals surface area contributed by atoms with Gasteiger partial charge in [-0.15, -0.1) is 0 Å². The Hall–Kier alpha value is -1.45. The second kappa shape index (κ2) is 4.20. The van der Waals surface area contributed by atoms with Crippen molar-refractivity contribution in [1.82, 2.24) is 4.98 Å². The summed E-state index contributed by atoms with van der Waals surface area (Å²) in [5.41, 5.74) is 7.40. The standard InChI is InChI=1S/C13H16N2O/c1-13(9-14,16-2)11-5-6-12-10(8-11)4-3-7-15-12/h3-8H,9,14H2,1-2H3. The summed E-state index contributed by atoms with van der Waals surface area (Å²) in [5.74, 6) is 0. The average molecular weight is 216 g/mol. The van der Waals surface area contributed by atoms with E-state index in [1.807, 2.05) is 31.2 Å². The van der Waals surface area contributed by atoms with Crippen LogP contribution in [0.3, 0.4) is 0 Å². The fourth-order valence-corrected chi connectivity index (χ4v) is 1.72. The van der Waals surface area contributed by atoms with Gasteiger partial charge >= 0.3 is 0 Å². The first-order valence-corrected chi connectivity index (χ1v) is 5.30. The van der Waals surface area contributed by atoms with Crippen molar-refractivity contribution in [1.29, 1.82) is 0 Å². The predicted molar refractivity (Wildman–Crippen MR) is 65.2 cm³/mol. The summed E-state index contributed by atoms with van der Waals surface area (Å²) in [6.45, 7) is 2.44. The molecule has 2 rings (SSSR count). The van der Waals surface area contributed by atoms with E-state index < -0.39 is 5.60 Å². The Bertz CT molecular complexity index is 492. The summed E-state index contributed by atoms with van der Waals surface area (Å²) < 4.78 is 5.48. The first kappa shape index (κ1) is 11.0. The largest absolute Gasteiger partial charge is 0.372 e. The van der Waals surface area contributed by atoms with Crippen molar-refractivity contribution in [3.8, 4) is 0 Å². The van der Waals surface area contributed by atoms with Crippen LogP contribution in [0.5, 0.6) is 0 Å². The molecule has 0 saturated heterocycles. The van der Waals surface area contributed by atoms with E-state index in [4.69, 9.17) is 10.5 Å². The highest BCUT2D eigenvalue weighted by atomic mass is 16.5. The molecule has 2 aromatic rings. The number of methoxy groups -OCH3 is 1. The number of fused-ring (bicyclic) bond motifs is 1. The molecule has 1 unspecified atom stereocenters. The summed E-state index contributed by atoms with van der Waals surface area (Å²) in [7, 11) is 1.68. The Labute approximate surface area is 95.2 Å². The van der Waals surface area contributed by atoms with Crippen molar-refractivity contribution in [2.45, 2.75) is 12.5 Å². The van der Waals surface area contributed by atoms with E-state index in [2.05, 4.69) is 11.1 Å². The Balaban J connectivity index is 2.54. The maximum Gasteiger partial charge on any atom is 0.102 e.